The summed E-state index contributed by atoms with van der Waals surface area (Å²) in [6.07, 6.45) is -1.24. The summed E-state index contributed by atoms with van der Waals surface area (Å²) in [6, 6.07) is 0. The number of hydrogen-bond acceptors (Lipinski definition) is 4. The summed E-state index contributed by atoms with van der Waals surface area (Å²) >= 11 is 0. The van der Waals surface area contributed by atoms with Crippen LogP contribution in [0.2, 0.25) is 0 Å². The zero-order chi connectivity index (χ0) is 11.6. The average molecular weight is 218 g/mol. The molecule has 0 aromatic heterocycles. The quantitative estimate of drug-likeness (QED) is 0.623. The average Bonchev–Trinajstić information content (AvgIpc) is 2.08. The Bertz CT molecular complexity index is 199. The molecule has 1 aliphatic rings. The molecule has 1 saturated heterocycles. The van der Waals surface area contributed by atoms with Gasteiger partial charge in [-0.1, -0.05) is 20.8 Å². The molecule has 0 aromatic rings. The van der Waals surface area contributed by atoms with E-state index in [2.05, 4.69) is 20.8 Å². The number of aliphatic hydroxyl groups excluding tert-OH is 3. The van der Waals surface area contributed by atoms with Gasteiger partial charge in [-0.3, -0.25) is 0 Å². The summed E-state index contributed by atoms with van der Waals surface area (Å²) in [5.41, 5.74) is 0.118. The Morgan fingerprint density at radius 3 is 2.33 bits per heavy atom. The van der Waals surface area contributed by atoms with Crippen LogP contribution in [-0.4, -0.2) is 46.3 Å². The van der Waals surface area contributed by atoms with Crippen molar-refractivity contribution in [2.75, 3.05) is 6.61 Å². The van der Waals surface area contributed by atoms with Crippen LogP contribution in [0.15, 0.2) is 0 Å². The van der Waals surface area contributed by atoms with E-state index in [4.69, 9.17) is 9.84 Å². The lowest BCUT2D eigenvalue weighted by Crippen LogP contribution is -2.50. The summed E-state index contributed by atoms with van der Waals surface area (Å²) in [6.45, 7) is 6.05. The predicted molar refractivity (Wildman–Crippen MR) is 56.4 cm³/mol. The first-order chi connectivity index (χ1) is 6.83. The number of rotatable bonds is 2. The number of hydrogen-bond donors (Lipinski definition) is 3. The van der Waals surface area contributed by atoms with E-state index < -0.39 is 18.3 Å². The van der Waals surface area contributed by atoms with Crippen molar-refractivity contribution in [1.29, 1.82) is 0 Å². The highest BCUT2D eigenvalue weighted by Gasteiger charge is 2.37. The second-order valence-corrected chi connectivity index (χ2v) is 5.54. The minimum Gasteiger partial charge on any atom is -0.394 e. The zero-order valence-electron chi connectivity index (χ0n) is 9.68. The first kappa shape index (κ1) is 12.9. The molecule has 15 heavy (non-hydrogen) atoms. The fourth-order valence-corrected chi connectivity index (χ4v) is 2.01. The summed E-state index contributed by atoms with van der Waals surface area (Å²) in [7, 11) is 0. The molecule has 0 spiro atoms. The highest BCUT2D eigenvalue weighted by Crippen LogP contribution is 2.29. The van der Waals surface area contributed by atoms with Crippen molar-refractivity contribution in [3.05, 3.63) is 0 Å². The smallest absolute Gasteiger partial charge is 0.109 e. The van der Waals surface area contributed by atoms with Gasteiger partial charge in [-0.15, -0.1) is 0 Å². The van der Waals surface area contributed by atoms with Crippen LogP contribution in [0.3, 0.4) is 0 Å². The molecular formula is C11H22O4. The Balaban J connectivity index is 2.55. The van der Waals surface area contributed by atoms with Gasteiger partial charge in [-0.2, -0.15) is 0 Å². The van der Waals surface area contributed by atoms with E-state index in [0.29, 0.717) is 6.42 Å². The molecule has 1 fully saturated rings. The molecule has 90 valence electrons. The van der Waals surface area contributed by atoms with Gasteiger partial charge in [-0.05, 0) is 11.8 Å². The Morgan fingerprint density at radius 1 is 1.27 bits per heavy atom. The van der Waals surface area contributed by atoms with Gasteiger partial charge in [-0.25, -0.2) is 0 Å². The molecular weight excluding hydrogens is 196 g/mol. The van der Waals surface area contributed by atoms with E-state index in [1.165, 1.54) is 0 Å². The van der Waals surface area contributed by atoms with Gasteiger partial charge in [0.15, 0.2) is 0 Å². The third-order valence-electron chi connectivity index (χ3n) is 2.67. The van der Waals surface area contributed by atoms with Crippen molar-refractivity contribution >= 4 is 0 Å². The van der Waals surface area contributed by atoms with Gasteiger partial charge in [0.2, 0.25) is 0 Å². The summed E-state index contributed by atoms with van der Waals surface area (Å²) in [5.74, 6) is 0. The van der Waals surface area contributed by atoms with Crippen LogP contribution in [0.25, 0.3) is 0 Å². The molecule has 4 unspecified atom stereocenters. The largest absolute Gasteiger partial charge is 0.394 e. The van der Waals surface area contributed by atoms with Gasteiger partial charge < -0.3 is 20.1 Å². The minimum absolute atomic E-state index is 0.0828. The van der Waals surface area contributed by atoms with Gasteiger partial charge in [0.1, 0.15) is 12.2 Å². The van der Waals surface area contributed by atoms with E-state index in [1.807, 2.05) is 0 Å². The number of aliphatic hydroxyl groups is 3. The van der Waals surface area contributed by atoms with Crippen LogP contribution in [0.1, 0.15) is 33.6 Å². The molecule has 0 aromatic carbocycles. The summed E-state index contributed by atoms with van der Waals surface area (Å²) < 4.78 is 5.53. The van der Waals surface area contributed by atoms with Crippen molar-refractivity contribution in [2.45, 2.75) is 58.0 Å². The Labute approximate surface area is 90.9 Å². The van der Waals surface area contributed by atoms with Crippen LogP contribution >= 0.6 is 0 Å². The fraction of sp³-hybridized carbons (Fsp3) is 1.00. The van der Waals surface area contributed by atoms with Crippen LogP contribution in [0, 0.1) is 5.41 Å². The second kappa shape index (κ2) is 4.78. The van der Waals surface area contributed by atoms with Crippen LogP contribution in [0.4, 0.5) is 0 Å². The first-order valence-corrected chi connectivity index (χ1v) is 5.46. The lowest BCUT2D eigenvalue weighted by molar-refractivity contribution is -0.185. The van der Waals surface area contributed by atoms with E-state index in [1.54, 1.807) is 0 Å². The van der Waals surface area contributed by atoms with Crippen LogP contribution in [0.5, 0.6) is 0 Å². The monoisotopic (exact) mass is 218 g/mol. The molecule has 1 rings (SSSR count). The van der Waals surface area contributed by atoms with Crippen molar-refractivity contribution in [3.63, 3.8) is 0 Å². The highest BCUT2D eigenvalue weighted by atomic mass is 16.5. The molecule has 0 bridgehead atoms. The van der Waals surface area contributed by atoms with Crippen molar-refractivity contribution in [1.82, 2.24) is 0 Å². The van der Waals surface area contributed by atoms with Gasteiger partial charge in [0.25, 0.3) is 0 Å². The second-order valence-electron chi connectivity index (χ2n) is 5.54. The third-order valence-corrected chi connectivity index (χ3v) is 2.67. The lowest BCUT2D eigenvalue weighted by Gasteiger charge is -2.38. The molecule has 4 heteroatoms. The molecule has 4 atom stereocenters. The third kappa shape index (κ3) is 3.72. The Kier molecular flexibility index (Phi) is 4.12. The lowest BCUT2D eigenvalue weighted by atomic mass is 9.85. The molecule has 1 aliphatic heterocycles. The van der Waals surface area contributed by atoms with Gasteiger partial charge in [0, 0.05) is 6.42 Å². The van der Waals surface area contributed by atoms with Crippen molar-refractivity contribution in [2.24, 2.45) is 5.41 Å². The Morgan fingerprint density at radius 2 is 1.87 bits per heavy atom. The SMILES string of the molecule is CC(C)(C)CC1CC(O)C(O)C(CO)O1. The van der Waals surface area contributed by atoms with E-state index in [0.717, 1.165) is 6.42 Å². The topological polar surface area (TPSA) is 69.9 Å². The van der Waals surface area contributed by atoms with Gasteiger partial charge in [0.05, 0.1) is 18.8 Å². The first-order valence-electron chi connectivity index (χ1n) is 5.46. The highest BCUT2D eigenvalue weighted by molar-refractivity contribution is 4.86. The molecule has 0 saturated carbocycles. The van der Waals surface area contributed by atoms with E-state index in [-0.39, 0.29) is 18.1 Å². The normalized spacial score (nSPS) is 38.0. The predicted octanol–water partition coefficient (Wildman–Crippen LogP) is 0.294. The van der Waals surface area contributed by atoms with Crippen LogP contribution < -0.4 is 0 Å². The Hall–Kier alpha value is -0.160. The molecule has 0 amide bonds. The van der Waals surface area contributed by atoms with E-state index >= 15 is 0 Å². The molecule has 0 aliphatic carbocycles. The maximum absolute atomic E-state index is 9.61. The van der Waals surface area contributed by atoms with Gasteiger partial charge >= 0.3 is 0 Å². The van der Waals surface area contributed by atoms with Crippen molar-refractivity contribution in [3.8, 4) is 0 Å². The summed E-state index contributed by atoms with van der Waals surface area (Å²) in [5, 5.41) is 28.1. The fourth-order valence-electron chi connectivity index (χ4n) is 2.01. The zero-order valence-corrected chi connectivity index (χ0v) is 9.68. The standard InChI is InChI=1S/C11H22O4/c1-11(2,3)5-7-4-8(13)10(14)9(6-12)15-7/h7-10,12-14H,4-6H2,1-3H3. The molecule has 1 heterocycles. The summed E-state index contributed by atoms with van der Waals surface area (Å²) in [4.78, 5) is 0. The van der Waals surface area contributed by atoms with Crippen LogP contribution in [-0.2, 0) is 4.74 Å². The molecule has 4 nitrogen and oxygen atoms in total. The molecule has 3 N–H and O–H groups in total. The maximum atomic E-state index is 9.61. The number of ether oxygens (including phenoxy) is 1. The molecule has 0 radical (unpaired) electrons. The maximum Gasteiger partial charge on any atom is 0.109 e. The van der Waals surface area contributed by atoms with E-state index in [9.17, 15) is 10.2 Å². The minimum atomic E-state index is -0.966. The van der Waals surface area contributed by atoms with Crippen molar-refractivity contribution < 1.29 is 20.1 Å².